The molecule has 2 aromatic carbocycles. The summed E-state index contributed by atoms with van der Waals surface area (Å²) in [6, 6.07) is 19.5. The van der Waals surface area contributed by atoms with E-state index in [9.17, 15) is 0 Å². The Morgan fingerprint density at radius 3 is 2.13 bits per heavy atom. The molecule has 1 aliphatic rings. The average molecular weight is 408 g/mol. The van der Waals surface area contributed by atoms with Gasteiger partial charge in [0, 0.05) is 6.54 Å². The van der Waals surface area contributed by atoms with Crippen LogP contribution in [0.15, 0.2) is 60.7 Å². The van der Waals surface area contributed by atoms with Crippen molar-refractivity contribution in [3.05, 3.63) is 77.4 Å². The molecule has 0 aliphatic heterocycles. The van der Waals surface area contributed by atoms with E-state index in [0.717, 1.165) is 31.2 Å². The summed E-state index contributed by atoms with van der Waals surface area (Å²) >= 11 is 0. The lowest BCUT2D eigenvalue weighted by atomic mass is 9.84. The van der Waals surface area contributed by atoms with Gasteiger partial charge in [-0.2, -0.15) is 0 Å². The number of carbonyl (C=O) groups excluding carboxylic acids is 1. The molecule has 2 heteroatoms. The normalized spacial score (nSPS) is 13.9. The van der Waals surface area contributed by atoms with E-state index in [4.69, 9.17) is 4.79 Å². The molecule has 1 N–H and O–H groups in total. The lowest BCUT2D eigenvalue weighted by Gasteiger charge is -2.21. The van der Waals surface area contributed by atoms with Crippen LogP contribution in [0.4, 0.5) is 0 Å². The third-order valence-corrected chi connectivity index (χ3v) is 5.08. The first-order valence-corrected chi connectivity index (χ1v) is 11.5. The first kappa shape index (κ1) is 25.8. The Kier molecular flexibility index (Phi) is 14.3. The van der Waals surface area contributed by atoms with Gasteiger partial charge in [0.25, 0.3) is 0 Å². The first-order chi connectivity index (χ1) is 14.6. The summed E-state index contributed by atoms with van der Waals surface area (Å²) in [4.78, 5) is 8.81. The maximum Gasteiger partial charge on any atom is 0.116 e. The van der Waals surface area contributed by atoms with Gasteiger partial charge in [0.15, 0.2) is 0 Å². The van der Waals surface area contributed by atoms with Crippen LogP contribution in [0.25, 0.3) is 6.08 Å². The fraction of sp³-hybridized carbons (Fsp3) is 0.464. The van der Waals surface area contributed by atoms with Crippen molar-refractivity contribution in [1.29, 1.82) is 0 Å². The lowest BCUT2D eigenvalue weighted by Crippen LogP contribution is -2.19. The number of hydrogen-bond acceptors (Lipinski definition) is 2. The molecule has 0 atom stereocenters. The van der Waals surface area contributed by atoms with Crippen molar-refractivity contribution in [2.24, 2.45) is 5.92 Å². The third kappa shape index (κ3) is 12.4. The number of hydrogen-bond donors (Lipinski definition) is 1. The molecule has 1 aliphatic carbocycles. The molecule has 0 heterocycles. The van der Waals surface area contributed by atoms with Gasteiger partial charge in [-0.25, -0.2) is 0 Å². The topological polar surface area (TPSA) is 29.1 Å². The number of rotatable bonds is 6. The first-order valence-electron chi connectivity index (χ1n) is 11.5. The van der Waals surface area contributed by atoms with Crippen molar-refractivity contribution in [1.82, 2.24) is 5.32 Å². The SMILES string of the molecule is CC(C)CNC/C=C/c1ccccc1.CC=O.Cc1ccc(C2CCCCC2)cc1. The van der Waals surface area contributed by atoms with Crippen molar-refractivity contribution >= 4 is 12.4 Å². The summed E-state index contributed by atoms with van der Waals surface area (Å²) in [7, 11) is 0. The molecule has 0 spiro atoms. The van der Waals surface area contributed by atoms with Gasteiger partial charge in [-0.05, 0) is 56.2 Å². The van der Waals surface area contributed by atoms with Crippen molar-refractivity contribution in [3.8, 4) is 0 Å². The van der Waals surface area contributed by atoms with Crippen LogP contribution in [0.3, 0.4) is 0 Å². The average Bonchev–Trinajstić information content (AvgIpc) is 2.76. The summed E-state index contributed by atoms with van der Waals surface area (Å²) in [5.74, 6) is 1.58. The molecule has 0 amide bonds. The minimum absolute atomic E-state index is 0.722. The Labute approximate surface area is 184 Å². The zero-order valence-electron chi connectivity index (χ0n) is 19.4. The number of nitrogens with one attached hydrogen (secondary N) is 1. The maximum absolute atomic E-state index is 8.81. The zero-order chi connectivity index (χ0) is 22.0. The van der Waals surface area contributed by atoms with Crippen molar-refractivity contribution in [2.45, 2.75) is 65.7 Å². The van der Waals surface area contributed by atoms with E-state index < -0.39 is 0 Å². The minimum Gasteiger partial charge on any atom is -0.313 e. The molecule has 0 unspecified atom stereocenters. The third-order valence-electron chi connectivity index (χ3n) is 5.08. The Hall–Kier alpha value is -2.19. The zero-order valence-corrected chi connectivity index (χ0v) is 19.4. The van der Waals surface area contributed by atoms with Crippen LogP contribution in [0.2, 0.25) is 0 Å². The summed E-state index contributed by atoms with van der Waals surface area (Å²) in [6.07, 6.45) is 12.2. The minimum atomic E-state index is 0.722. The highest BCUT2D eigenvalue weighted by atomic mass is 16.1. The second kappa shape index (κ2) is 16.6. The van der Waals surface area contributed by atoms with Gasteiger partial charge in [0.1, 0.15) is 6.29 Å². The second-order valence-electron chi connectivity index (χ2n) is 8.35. The largest absolute Gasteiger partial charge is 0.313 e. The maximum atomic E-state index is 8.81. The Bertz CT molecular complexity index is 682. The monoisotopic (exact) mass is 407 g/mol. The van der Waals surface area contributed by atoms with Crippen LogP contribution in [0, 0.1) is 12.8 Å². The van der Waals surface area contributed by atoms with Crippen LogP contribution < -0.4 is 5.32 Å². The molecule has 1 fully saturated rings. The Morgan fingerprint density at radius 2 is 1.57 bits per heavy atom. The quantitative estimate of drug-likeness (QED) is 0.405. The van der Waals surface area contributed by atoms with Gasteiger partial charge in [-0.1, -0.05) is 105 Å². The number of aldehydes is 1. The molecule has 0 bridgehead atoms. The second-order valence-corrected chi connectivity index (χ2v) is 8.35. The van der Waals surface area contributed by atoms with E-state index in [0.29, 0.717) is 0 Å². The highest BCUT2D eigenvalue weighted by molar-refractivity contribution is 5.48. The van der Waals surface area contributed by atoms with E-state index >= 15 is 0 Å². The molecule has 0 saturated heterocycles. The van der Waals surface area contributed by atoms with E-state index in [2.05, 4.69) is 86.8 Å². The van der Waals surface area contributed by atoms with Crippen molar-refractivity contribution in [3.63, 3.8) is 0 Å². The van der Waals surface area contributed by atoms with Gasteiger partial charge in [-0.15, -0.1) is 0 Å². The van der Waals surface area contributed by atoms with Crippen molar-refractivity contribution < 1.29 is 4.79 Å². The molecule has 2 aromatic rings. The number of carbonyl (C=O) groups is 1. The molecule has 30 heavy (non-hydrogen) atoms. The Balaban J connectivity index is 0.000000266. The molecule has 1 saturated carbocycles. The van der Waals surface area contributed by atoms with Gasteiger partial charge in [0.2, 0.25) is 0 Å². The molecule has 0 aromatic heterocycles. The summed E-state index contributed by atoms with van der Waals surface area (Å²) < 4.78 is 0. The van der Waals surface area contributed by atoms with E-state index in [1.165, 1.54) is 50.2 Å². The highest BCUT2D eigenvalue weighted by Crippen LogP contribution is 2.32. The van der Waals surface area contributed by atoms with Gasteiger partial charge in [-0.3, -0.25) is 0 Å². The molecule has 0 radical (unpaired) electrons. The summed E-state index contributed by atoms with van der Waals surface area (Å²) in [5.41, 5.74) is 4.20. The van der Waals surface area contributed by atoms with Gasteiger partial charge < -0.3 is 10.1 Å². The van der Waals surface area contributed by atoms with Crippen molar-refractivity contribution in [2.75, 3.05) is 13.1 Å². The summed E-state index contributed by atoms with van der Waals surface area (Å²) in [6.45, 7) is 10.1. The van der Waals surface area contributed by atoms with Crippen LogP contribution in [0.5, 0.6) is 0 Å². The molecule has 164 valence electrons. The van der Waals surface area contributed by atoms with Crippen LogP contribution in [-0.2, 0) is 4.79 Å². The molecular formula is C28H41NO. The van der Waals surface area contributed by atoms with E-state index in [-0.39, 0.29) is 0 Å². The fourth-order valence-corrected chi connectivity index (χ4v) is 3.49. The van der Waals surface area contributed by atoms with Crippen LogP contribution in [0.1, 0.15) is 75.5 Å². The van der Waals surface area contributed by atoms with E-state index in [1.807, 2.05) is 6.07 Å². The summed E-state index contributed by atoms with van der Waals surface area (Å²) in [5, 5.41) is 3.37. The number of benzene rings is 2. The molecule has 3 rings (SSSR count). The molecule has 2 nitrogen and oxygen atoms in total. The Morgan fingerprint density at radius 1 is 0.967 bits per heavy atom. The van der Waals surface area contributed by atoms with Crippen LogP contribution >= 0.6 is 0 Å². The van der Waals surface area contributed by atoms with E-state index in [1.54, 1.807) is 5.56 Å². The highest BCUT2D eigenvalue weighted by Gasteiger charge is 2.14. The standard InChI is InChI=1S/C13H19N.C13H18.C2H4O/c1-12(2)11-14-10-6-9-13-7-4-3-5-8-13;1-11-7-9-13(10-8-11)12-5-3-2-4-6-12;1-2-3/h3-9,12,14H,10-11H2,1-2H3;7-10,12H,2-6H2,1H3;2H,1H3/b9-6+;;. The molecular weight excluding hydrogens is 366 g/mol. The van der Waals surface area contributed by atoms with Gasteiger partial charge in [0.05, 0.1) is 0 Å². The number of aryl methyl sites for hydroxylation is 1. The van der Waals surface area contributed by atoms with Crippen LogP contribution in [-0.4, -0.2) is 19.4 Å². The fourth-order valence-electron chi connectivity index (χ4n) is 3.49. The predicted molar refractivity (Wildman–Crippen MR) is 132 cm³/mol. The predicted octanol–water partition coefficient (Wildman–Crippen LogP) is 7.19. The lowest BCUT2D eigenvalue weighted by molar-refractivity contribution is -0.106. The van der Waals surface area contributed by atoms with Gasteiger partial charge >= 0.3 is 0 Å². The smallest absolute Gasteiger partial charge is 0.116 e.